The molecule has 0 aliphatic carbocycles. The number of carbonyl (C=O) groups excluding carboxylic acids is 1. The Balaban J connectivity index is 1.48. The number of carbonyl (C=O) groups is 1. The van der Waals surface area contributed by atoms with Crippen LogP contribution in [0.15, 0.2) is 42.7 Å². The van der Waals surface area contributed by atoms with Gasteiger partial charge in [-0.1, -0.05) is 6.07 Å². The zero-order chi connectivity index (χ0) is 17.4. The summed E-state index contributed by atoms with van der Waals surface area (Å²) < 4.78 is 3.93. The summed E-state index contributed by atoms with van der Waals surface area (Å²) >= 11 is 0. The molecule has 1 aliphatic rings. The van der Waals surface area contributed by atoms with E-state index in [1.807, 2.05) is 56.6 Å². The van der Waals surface area contributed by atoms with Crippen molar-refractivity contribution in [1.82, 2.24) is 24.6 Å². The number of hydrogen-bond acceptors (Lipinski definition) is 3. The van der Waals surface area contributed by atoms with Gasteiger partial charge in [-0.3, -0.25) is 4.79 Å². The molecule has 1 aromatic carbocycles. The molecule has 3 heterocycles. The van der Waals surface area contributed by atoms with Gasteiger partial charge in [0.1, 0.15) is 5.82 Å². The third-order valence-electron chi connectivity index (χ3n) is 4.54. The molecule has 3 aromatic rings. The summed E-state index contributed by atoms with van der Waals surface area (Å²) in [6.45, 7) is 4.73. The van der Waals surface area contributed by atoms with Gasteiger partial charge in [0.2, 0.25) is 0 Å². The maximum absolute atomic E-state index is 12.7. The quantitative estimate of drug-likeness (QED) is 0.799. The lowest BCUT2D eigenvalue weighted by atomic mass is 10.1. The summed E-state index contributed by atoms with van der Waals surface area (Å²) in [5.74, 6) is 1.06. The molecule has 1 amide bonds. The van der Waals surface area contributed by atoms with Crippen molar-refractivity contribution < 1.29 is 4.79 Å². The van der Waals surface area contributed by atoms with E-state index in [9.17, 15) is 4.79 Å². The third-order valence-corrected chi connectivity index (χ3v) is 4.54. The maximum Gasteiger partial charge on any atom is 0.251 e. The molecule has 0 saturated heterocycles. The van der Waals surface area contributed by atoms with Crippen molar-refractivity contribution in [2.75, 3.05) is 0 Å². The fourth-order valence-corrected chi connectivity index (χ4v) is 3.32. The summed E-state index contributed by atoms with van der Waals surface area (Å²) in [4.78, 5) is 17.2. The van der Waals surface area contributed by atoms with Gasteiger partial charge in [-0.25, -0.2) is 9.67 Å². The van der Waals surface area contributed by atoms with Gasteiger partial charge >= 0.3 is 0 Å². The summed E-state index contributed by atoms with van der Waals surface area (Å²) in [7, 11) is 0. The van der Waals surface area contributed by atoms with Crippen molar-refractivity contribution in [1.29, 1.82) is 0 Å². The average Bonchev–Trinajstić information content (AvgIpc) is 3.19. The fourth-order valence-electron chi connectivity index (χ4n) is 3.32. The number of benzene rings is 1. The fraction of sp³-hybridized carbons (Fsp3) is 0.316. The Morgan fingerprint density at radius 1 is 1.24 bits per heavy atom. The molecular formula is C19H21N5O. The summed E-state index contributed by atoms with van der Waals surface area (Å²) in [5, 5.41) is 7.55. The van der Waals surface area contributed by atoms with Crippen molar-refractivity contribution in [3.8, 4) is 5.69 Å². The molecule has 4 rings (SSSR count). The van der Waals surface area contributed by atoms with Gasteiger partial charge in [-0.15, -0.1) is 0 Å². The molecule has 25 heavy (non-hydrogen) atoms. The lowest BCUT2D eigenvalue weighted by Gasteiger charge is -2.24. The smallest absolute Gasteiger partial charge is 0.251 e. The van der Waals surface area contributed by atoms with Crippen LogP contribution in [-0.2, 0) is 13.0 Å². The van der Waals surface area contributed by atoms with Gasteiger partial charge in [0.15, 0.2) is 0 Å². The number of aromatic nitrogens is 4. The van der Waals surface area contributed by atoms with Crippen LogP contribution < -0.4 is 5.32 Å². The molecule has 2 aromatic heterocycles. The van der Waals surface area contributed by atoms with Crippen molar-refractivity contribution in [2.45, 2.75) is 39.3 Å². The Labute approximate surface area is 146 Å². The Hall–Kier alpha value is -2.89. The van der Waals surface area contributed by atoms with Gasteiger partial charge in [0.05, 0.1) is 17.1 Å². The second kappa shape index (κ2) is 6.20. The molecule has 1 atom stereocenters. The summed E-state index contributed by atoms with van der Waals surface area (Å²) in [5.41, 5.74) is 3.52. The van der Waals surface area contributed by atoms with E-state index in [0.717, 1.165) is 42.3 Å². The van der Waals surface area contributed by atoms with Crippen molar-refractivity contribution in [3.05, 3.63) is 65.5 Å². The van der Waals surface area contributed by atoms with E-state index < -0.39 is 0 Å². The van der Waals surface area contributed by atoms with Crippen LogP contribution in [0.25, 0.3) is 5.69 Å². The Bertz CT molecular complexity index is 924. The number of aryl methyl sites for hydroxylation is 3. The SMILES string of the molecule is Cc1cn2c(n1)CC[C@@H](NC(=O)c1cccc(-n3ccc(C)n3)c1)C2. The molecule has 0 unspecified atom stereocenters. The molecular weight excluding hydrogens is 314 g/mol. The Kier molecular flexibility index (Phi) is 3.87. The number of nitrogens with one attached hydrogen (secondary N) is 1. The summed E-state index contributed by atoms with van der Waals surface area (Å²) in [6.07, 6.45) is 5.76. The van der Waals surface area contributed by atoms with E-state index in [1.54, 1.807) is 4.68 Å². The topological polar surface area (TPSA) is 64.7 Å². The minimum Gasteiger partial charge on any atom is -0.347 e. The minimum absolute atomic E-state index is 0.0454. The van der Waals surface area contributed by atoms with E-state index in [4.69, 9.17) is 0 Å². The zero-order valence-corrected chi connectivity index (χ0v) is 14.4. The first-order valence-electron chi connectivity index (χ1n) is 8.55. The minimum atomic E-state index is -0.0454. The Morgan fingerprint density at radius 2 is 2.12 bits per heavy atom. The van der Waals surface area contributed by atoms with Crippen LogP contribution in [0.3, 0.4) is 0 Å². The molecule has 1 N–H and O–H groups in total. The van der Waals surface area contributed by atoms with Gasteiger partial charge in [-0.2, -0.15) is 5.10 Å². The van der Waals surface area contributed by atoms with Crippen molar-refractivity contribution in [3.63, 3.8) is 0 Å². The standard InChI is InChI=1S/C19H21N5O/c1-13-8-9-24(22-13)17-5-3-4-15(10-17)19(25)21-16-6-7-18-20-14(2)11-23(18)12-16/h3-5,8-11,16H,6-7,12H2,1-2H3,(H,21,25)/t16-/m1/s1. The largest absolute Gasteiger partial charge is 0.347 e. The first-order chi connectivity index (χ1) is 12.1. The van der Waals surface area contributed by atoms with E-state index in [2.05, 4.69) is 20.0 Å². The van der Waals surface area contributed by atoms with Crippen molar-refractivity contribution in [2.24, 2.45) is 0 Å². The number of hydrogen-bond donors (Lipinski definition) is 1. The van der Waals surface area contributed by atoms with Crippen LogP contribution in [-0.4, -0.2) is 31.3 Å². The van der Waals surface area contributed by atoms with Gasteiger partial charge < -0.3 is 9.88 Å². The van der Waals surface area contributed by atoms with E-state index in [1.165, 1.54) is 0 Å². The molecule has 0 bridgehead atoms. The van der Waals surface area contributed by atoms with Gasteiger partial charge in [0.25, 0.3) is 5.91 Å². The second-order valence-corrected chi connectivity index (χ2v) is 6.61. The summed E-state index contributed by atoms with van der Waals surface area (Å²) in [6, 6.07) is 9.62. The number of nitrogens with zero attached hydrogens (tertiary/aromatic N) is 4. The highest BCUT2D eigenvalue weighted by Crippen LogP contribution is 2.16. The van der Waals surface area contributed by atoms with Crippen LogP contribution in [0.5, 0.6) is 0 Å². The van der Waals surface area contributed by atoms with Gasteiger partial charge in [-0.05, 0) is 44.5 Å². The van der Waals surface area contributed by atoms with Crippen LogP contribution in [0.4, 0.5) is 0 Å². The van der Waals surface area contributed by atoms with E-state index in [-0.39, 0.29) is 11.9 Å². The van der Waals surface area contributed by atoms with Crippen LogP contribution in [0.2, 0.25) is 0 Å². The molecule has 0 spiro atoms. The third kappa shape index (κ3) is 3.20. The zero-order valence-electron chi connectivity index (χ0n) is 14.4. The van der Waals surface area contributed by atoms with Crippen LogP contribution >= 0.6 is 0 Å². The molecule has 0 fully saturated rings. The number of rotatable bonds is 3. The highest BCUT2D eigenvalue weighted by atomic mass is 16.1. The van der Waals surface area contributed by atoms with Gasteiger partial charge in [0, 0.05) is 37.0 Å². The molecule has 6 nitrogen and oxygen atoms in total. The number of amides is 1. The second-order valence-electron chi connectivity index (χ2n) is 6.61. The first kappa shape index (κ1) is 15.6. The lowest BCUT2D eigenvalue weighted by molar-refractivity contribution is 0.0927. The average molecular weight is 335 g/mol. The molecule has 0 saturated carbocycles. The molecule has 6 heteroatoms. The van der Waals surface area contributed by atoms with Crippen LogP contribution in [0.1, 0.15) is 34.0 Å². The first-order valence-corrected chi connectivity index (χ1v) is 8.55. The number of fused-ring (bicyclic) bond motifs is 1. The maximum atomic E-state index is 12.7. The predicted molar refractivity (Wildman–Crippen MR) is 94.8 cm³/mol. The number of imidazole rings is 1. The van der Waals surface area contributed by atoms with E-state index >= 15 is 0 Å². The molecule has 0 radical (unpaired) electrons. The van der Waals surface area contributed by atoms with Crippen molar-refractivity contribution >= 4 is 5.91 Å². The monoisotopic (exact) mass is 335 g/mol. The highest BCUT2D eigenvalue weighted by molar-refractivity contribution is 5.94. The highest BCUT2D eigenvalue weighted by Gasteiger charge is 2.21. The lowest BCUT2D eigenvalue weighted by Crippen LogP contribution is -2.40. The predicted octanol–water partition coefficient (Wildman–Crippen LogP) is 2.43. The van der Waals surface area contributed by atoms with E-state index in [0.29, 0.717) is 5.56 Å². The molecule has 1 aliphatic heterocycles. The van der Waals surface area contributed by atoms with Crippen LogP contribution in [0, 0.1) is 13.8 Å². The Morgan fingerprint density at radius 3 is 2.92 bits per heavy atom. The normalized spacial score (nSPS) is 16.5. The molecule has 128 valence electrons.